The summed E-state index contributed by atoms with van der Waals surface area (Å²) >= 11 is 6.12. The van der Waals surface area contributed by atoms with Gasteiger partial charge in [0.1, 0.15) is 6.54 Å². The first-order valence-corrected chi connectivity index (χ1v) is 7.52. The number of carbonyl (C=O) groups excluding carboxylic acids is 1. The molecule has 0 aliphatic rings. The summed E-state index contributed by atoms with van der Waals surface area (Å²) in [4.78, 5) is 24.3. The molecule has 0 saturated carbocycles. The molecule has 1 amide bonds. The Labute approximate surface area is 137 Å². The van der Waals surface area contributed by atoms with E-state index in [1.165, 1.54) is 4.40 Å². The number of rotatable bonds is 4. The number of halogens is 1. The number of aromatic nitrogens is 3. The molecule has 0 spiro atoms. The lowest BCUT2D eigenvalue weighted by atomic mass is 10.1. The van der Waals surface area contributed by atoms with E-state index in [9.17, 15) is 9.59 Å². The summed E-state index contributed by atoms with van der Waals surface area (Å²) in [7, 11) is 0. The molecule has 1 N–H and O–H groups in total. The maximum atomic E-state index is 12.2. The van der Waals surface area contributed by atoms with E-state index in [4.69, 9.17) is 11.6 Å². The number of fused-ring (bicyclic) bond motifs is 1. The van der Waals surface area contributed by atoms with Gasteiger partial charge in [-0.3, -0.25) is 9.20 Å². The normalized spacial score (nSPS) is 12.3. The van der Waals surface area contributed by atoms with Gasteiger partial charge in [0.2, 0.25) is 5.91 Å². The molecular formula is C16H15ClN4O2. The van der Waals surface area contributed by atoms with Gasteiger partial charge in [-0.1, -0.05) is 35.9 Å². The first kappa shape index (κ1) is 15.3. The Morgan fingerprint density at radius 2 is 2.00 bits per heavy atom. The van der Waals surface area contributed by atoms with E-state index in [-0.39, 0.29) is 24.2 Å². The van der Waals surface area contributed by atoms with E-state index in [2.05, 4.69) is 10.4 Å². The summed E-state index contributed by atoms with van der Waals surface area (Å²) in [6, 6.07) is 12.3. The number of pyridine rings is 1. The number of carbonyl (C=O) groups is 1. The van der Waals surface area contributed by atoms with Crippen molar-refractivity contribution in [2.75, 3.05) is 0 Å². The highest BCUT2D eigenvalue weighted by atomic mass is 35.5. The van der Waals surface area contributed by atoms with Gasteiger partial charge >= 0.3 is 5.69 Å². The number of nitrogens with one attached hydrogen (secondary N) is 1. The van der Waals surface area contributed by atoms with Gasteiger partial charge in [-0.25, -0.2) is 9.48 Å². The molecule has 118 valence electrons. The van der Waals surface area contributed by atoms with Crippen LogP contribution in [-0.4, -0.2) is 20.1 Å². The fourth-order valence-electron chi connectivity index (χ4n) is 2.40. The van der Waals surface area contributed by atoms with Crippen LogP contribution in [0.2, 0.25) is 5.02 Å². The highest BCUT2D eigenvalue weighted by molar-refractivity contribution is 6.31. The molecule has 0 aliphatic heterocycles. The highest BCUT2D eigenvalue weighted by Gasteiger charge is 2.14. The molecule has 0 aliphatic carbocycles. The third kappa shape index (κ3) is 3.12. The Bertz CT molecular complexity index is 916. The zero-order chi connectivity index (χ0) is 16.4. The van der Waals surface area contributed by atoms with Crippen molar-refractivity contribution < 1.29 is 4.79 Å². The van der Waals surface area contributed by atoms with Crippen LogP contribution < -0.4 is 11.0 Å². The second-order valence-electron chi connectivity index (χ2n) is 5.18. The maximum absolute atomic E-state index is 12.2. The predicted octanol–water partition coefficient (Wildman–Crippen LogP) is 2.03. The van der Waals surface area contributed by atoms with Crippen molar-refractivity contribution in [3.8, 4) is 0 Å². The lowest BCUT2D eigenvalue weighted by molar-refractivity contribution is -0.122. The van der Waals surface area contributed by atoms with Gasteiger partial charge in [0.15, 0.2) is 5.65 Å². The van der Waals surface area contributed by atoms with Crippen LogP contribution in [-0.2, 0) is 11.3 Å². The molecule has 23 heavy (non-hydrogen) atoms. The smallest absolute Gasteiger partial charge is 0.348 e. The molecule has 1 atom stereocenters. The molecule has 6 nitrogen and oxygen atoms in total. The largest absolute Gasteiger partial charge is 0.350 e. The summed E-state index contributed by atoms with van der Waals surface area (Å²) in [6.07, 6.45) is 1.62. The Hall–Kier alpha value is -2.60. The molecule has 0 fully saturated rings. The molecule has 2 heterocycles. The van der Waals surface area contributed by atoms with Crippen molar-refractivity contribution in [2.24, 2.45) is 0 Å². The van der Waals surface area contributed by atoms with Gasteiger partial charge in [-0.2, -0.15) is 0 Å². The number of amides is 1. The van der Waals surface area contributed by atoms with Crippen molar-refractivity contribution in [1.82, 2.24) is 19.5 Å². The Morgan fingerprint density at radius 3 is 2.74 bits per heavy atom. The second-order valence-corrected chi connectivity index (χ2v) is 5.59. The molecule has 0 bridgehead atoms. The zero-order valence-electron chi connectivity index (χ0n) is 12.4. The van der Waals surface area contributed by atoms with Crippen LogP contribution in [0, 0.1) is 0 Å². The molecule has 0 saturated heterocycles. The van der Waals surface area contributed by atoms with Gasteiger partial charge in [0.25, 0.3) is 0 Å². The molecule has 1 unspecified atom stereocenters. The Kier molecular flexibility index (Phi) is 4.16. The minimum absolute atomic E-state index is 0.144. The molecule has 7 heteroatoms. The predicted molar refractivity (Wildman–Crippen MR) is 87.5 cm³/mol. The Balaban J connectivity index is 1.75. The third-order valence-electron chi connectivity index (χ3n) is 3.53. The summed E-state index contributed by atoms with van der Waals surface area (Å²) < 4.78 is 2.54. The van der Waals surface area contributed by atoms with Crippen LogP contribution in [0.3, 0.4) is 0 Å². The van der Waals surface area contributed by atoms with Gasteiger partial charge in [0.05, 0.1) is 6.04 Å². The van der Waals surface area contributed by atoms with E-state index in [1.54, 1.807) is 30.5 Å². The minimum Gasteiger partial charge on any atom is -0.348 e. The molecule has 2 aromatic heterocycles. The third-order valence-corrected chi connectivity index (χ3v) is 3.88. The fraction of sp³-hybridized carbons (Fsp3) is 0.188. The zero-order valence-corrected chi connectivity index (χ0v) is 13.2. The topological polar surface area (TPSA) is 68.4 Å². The monoisotopic (exact) mass is 330 g/mol. The average Bonchev–Trinajstić information content (AvgIpc) is 2.84. The molecule has 3 rings (SSSR count). The SMILES string of the molecule is CC(NC(=O)Cn1nc2ccccn2c1=O)c1ccccc1Cl. The molecule has 1 aromatic carbocycles. The van der Waals surface area contributed by atoms with Crippen LogP contribution in [0.4, 0.5) is 0 Å². The number of nitrogens with zero attached hydrogens (tertiary/aromatic N) is 3. The summed E-state index contributed by atoms with van der Waals surface area (Å²) in [5.74, 6) is -0.303. The van der Waals surface area contributed by atoms with Gasteiger partial charge in [-0.15, -0.1) is 5.10 Å². The molecule has 3 aromatic rings. The standard InChI is InChI=1S/C16H15ClN4O2/c1-11(12-6-2-3-7-13(12)17)18-15(22)10-21-16(23)20-9-5-4-8-14(20)19-21/h2-9,11H,10H2,1H3,(H,18,22). The van der Waals surface area contributed by atoms with Crippen LogP contribution in [0.1, 0.15) is 18.5 Å². The fourth-order valence-corrected chi connectivity index (χ4v) is 2.70. The molecule has 0 radical (unpaired) electrons. The van der Waals surface area contributed by atoms with Crippen LogP contribution >= 0.6 is 11.6 Å². The Morgan fingerprint density at radius 1 is 1.26 bits per heavy atom. The highest BCUT2D eigenvalue weighted by Crippen LogP contribution is 2.21. The average molecular weight is 331 g/mol. The second kappa shape index (κ2) is 6.26. The lowest BCUT2D eigenvalue weighted by Gasteiger charge is -2.15. The van der Waals surface area contributed by atoms with E-state index < -0.39 is 0 Å². The van der Waals surface area contributed by atoms with Crippen molar-refractivity contribution in [2.45, 2.75) is 19.5 Å². The number of benzene rings is 1. The first-order chi connectivity index (χ1) is 11.1. The number of hydrogen-bond donors (Lipinski definition) is 1. The van der Waals surface area contributed by atoms with Crippen molar-refractivity contribution in [1.29, 1.82) is 0 Å². The number of hydrogen-bond acceptors (Lipinski definition) is 3. The van der Waals surface area contributed by atoms with E-state index in [1.807, 2.05) is 25.1 Å². The summed E-state index contributed by atoms with van der Waals surface area (Å²) in [6.45, 7) is 1.70. The van der Waals surface area contributed by atoms with E-state index in [0.29, 0.717) is 10.7 Å². The van der Waals surface area contributed by atoms with Crippen molar-refractivity contribution in [3.63, 3.8) is 0 Å². The first-order valence-electron chi connectivity index (χ1n) is 7.14. The quantitative estimate of drug-likeness (QED) is 0.795. The summed E-state index contributed by atoms with van der Waals surface area (Å²) in [5, 5.41) is 7.54. The van der Waals surface area contributed by atoms with E-state index in [0.717, 1.165) is 10.2 Å². The van der Waals surface area contributed by atoms with Crippen LogP contribution in [0.5, 0.6) is 0 Å². The minimum atomic E-state index is -0.346. The van der Waals surface area contributed by atoms with Gasteiger partial charge < -0.3 is 5.32 Å². The van der Waals surface area contributed by atoms with Crippen LogP contribution in [0.15, 0.2) is 53.5 Å². The van der Waals surface area contributed by atoms with Crippen molar-refractivity contribution in [3.05, 3.63) is 69.7 Å². The van der Waals surface area contributed by atoms with Crippen LogP contribution in [0.25, 0.3) is 5.65 Å². The van der Waals surface area contributed by atoms with E-state index >= 15 is 0 Å². The van der Waals surface area contributed by atoms with Gasteiger partial charge in [0, 0.05) is 11.2 Å². The summed E-state index contributed by atoms with van der Waals surface area (Å²) in [5.41, 5.74) is 0.982. The van der Waals surface area contributed by atoms with Gasteiger partial charge in [-0.05, 0) is 30.7 Å². The maximum Gasteiger partial charge on any atom is 0.350 e. The lowest BCUT2D eigenvalue weighted by Crippen LogP contribution is -2.34. The van der Waals surface area contributed by atoms with Crippen molar-refractivity contribution >= 4 is 23.2 Å². The molecular weight excluding hydrogens is 316 g/mol.